The van der Waals surface area contributed by atoms with Crippen LogP contribution in [0.5, 0.6) is 0 Å². The SMILES string of the molecule is CCCc1cccc(/C=C/C(=O)/C=C/c2cccc(CS(=O)(=O)CC)c2)c1. The molecule has 2 rings (SSSR count). The Labute approximate surface area is 162 Å². The van der Waals surface area contributed by atoms with Crippen molar-refractivity contribution >= 4 is 27.8 Å². The predicted molar refractivity (Wildman–Crippen MR) is 113 cm³/mol. The highest BCUT2D eigenvalue weighted by atomic mass is 32.2. The van der Waals surface area contributed by atoms with Crippen LogP contribution in [-0.2, 0) is 26.8 Å². The smallest absolute Gasteiger partial charge is 0.178 e. The third-order valence-electron chi connectivity index (χ3n) is 4.15. The molecule has 27 heavy (non-hydrogen) atoms. The average molecular weight is 383 g/mol. The van der Waals surface area contributed by atoms with Gasteiger partial charge in [-0.3, -0.25) is 4.79 Å². The van der Waals surface area contributed by atoms with Crippen molar-refractivity contribution in [2.45, 2.75) is 32.4 Å². The summed E-state index contributed by atoms with van der Waals surface area (Å²) in [6.45, 7) is 3.78. The fourth-order valence-electron chi connectivity index (χ4n) is 2.70. The third kappa shape index (κ3) is 7.35. The van der Waals surface area contributed by atoms with Gasteiger partial charge in [-0.05, 0) is 40.8 Å². The lowest BCUT2D eigenvalue weighted by Gasteiger charge is -2.02. The molecule has 0 spiro atoms. The van der Waals surface area contributed by atoms with E-state index in [0.29, 0.717) is 0 Å². The number of carbonyl (C=O) groups is 1. The topological polar surface area (TPSA) is 51.2 Å². The van der Waals surface area contributed by atoms with Crippen LogP contribution in [0.2, 0.25) is 0 Å². The molecule has 0 radical (unpaired) electrons. The van der Waals surface area contributed by atoms with Crippen molar-refractivity contribution in [1.29, 1.82) is 0 Å². The van der Waals surface area contributed by atoms with Gasteiger partial charge in [0.15, 0.2) is 15.6 Å². The summed E-state index contributed by atoms with van der Waals surface area (Å²) in [6, 6.07) is 15.4. The van der Waals surface area contributed by atoms with Crippen molar-refractivity contribution in [1.82, 2.24) is 0 Å². The Kier molecular flexibility index (Phi) is 7.74. The van der Waals surface area contributed by atoms with Crippen LogP contribution in [0.4, 0.5) is 0 Å². The van der Waals surface area contributed by atoms with Crippen LogP contribution in [0.1, 0.15) is 42.5 Å². The van der Waals surface area contributed by atoms with Crippen LogP contribution in [0.15, 0.2) is 60.7 Å². The van der Waals surface area contributed by atoms with Crippen molar-refractivity contribution in [3.8, 4) is 0 Å². The maximum atomic E-state index is 12.1. The van der Waals surface area contributed by atoms with Gasteiger partial charge in [-0.25, -0.2) is 8.42 Å². The number of allylic oxidation sites excluding steroid dienone is 2. The molecule has 4 heteroatoms. The summed E-state index contributed by atoms with van der Waals surface area (Å²) in [6.07, 6.45) is 8.69. The number of hydrogen-bond acceptors (Lipinski definition) is 3. The van der Waals surface area contributed by atoms with Gasteiger partial charge in [0.1, 0.15) is 0 Å². The lowest BCUT2D eigenvalue weighted by atomic mass is 10.1. The predicted octanol–water partition coefficient (Wildman–Crippen LogP) is 4.87. The monoisotopic (exact) mass is 382 g/mol. The molecule has 2 aromatic carbocycles. The minimum atomic E-state index is -3.07. The molecule has 0 bridgehead atoms. The molecule has 0 aliphatic rings. The van der Waals surface area contributed by atoms with Crippen molar-refractivity contribution in [2.75, 3.05) is 5.75 Å². The molecule has 142 valence electrons. The number of ketones is 1. The molecule has 0 N–H and O–H groups in total. The van der Waals surface area contributed by atoms with Gasteiger partial charge in [-0.2, -0.15) is 0 Å². The first-order valence-electron chi connectivity index (χ1n) is 9.20. The first-order chi connectivity index (χ1) is 12.9. The Bertz CT molecular complexity index is 938. The fourth-order valence-corrected chi connectivity index (χ4v) is 3.59. The van der Waals surface area contributed by atoms with Gasteiger partial charge in [0, 0.05) is 5.75 Å². The van der Waals surface area contributed by atoms with Crippen LogP contribution in [0, 0.1) is 0 Å². The Balaban J connectivity index is 2.03. The number of rotatable bonds is 9. The zero-order chi connectivity index (χ0) is 19.7. The largest absolute Gasteiger partial charge is 0.290 e. The van der Waals surface area contributed by atoms with E-state index in [4.69, 9.17) is 0 Å². The zero-order valence-corrected chi connectivity index (χ0v) is 16.7. The Hall–Kier alpha value is -2.46. The van der Waals surface area contributed by atoms with Gasteiger partial charge in [0.2, 0.25) is 0 Å². The standard InChI is InChI=1S/C23H26O3S/c1-3-7-19-8-5-9-20(16-19)12-14-23(24)15-13-21-10-6-11-22(17-21)18-27(25,26)4-2/h5-6,8-17H,3-4,7,18H2,1-2H3/b14-12+,15-13+. The normalized spacial score (nSPS) is 12.1. The van der Waals surface area contributed by atoms with Gasteiger partial charge in [-0.15, -0.1) is 0 Å². The molecule has 0 heterocycles. The van der Waals surface area contributed by atoms with E-state index in [1.54, 1.807) is 37.3 Å². The lowest BCUT2D eigenvalue weighted by Crippen LogP contribution is -2.06. The molecule has 2 aromatic rings. The molecule has 0 aliphatic heterocycles. The minimum absolute atomic E-state index is 0.0210. The van der Waals surface area contributed by atoms with Gasteiger partial charge >= 0.3 is 0 Å². The van der Waals surface area contributed by atoms with Gasteiger partial charge < -0.3 is 0 Å². The maximum Gasteiger partial charge on any atom is 0.178 e. The Morgan fingerprint density at radius 2 is 1.44 bits per heavy atom. The summed E-state index contributed by atoms with van der Waals surface area (Å²) in [7, 11) is -3.07. The number of aryl methyl sites for hydroxylation is 1. The summed E-state index contributed by atoms with van der Waals surface area (Å²) in [5.74, 6) is 0.0330. The van der Waals surface area contributed by atoms with E-state index < -0.39 is 9.84 Å². The first-order valence-corrected chi connectivity index (χ1v) is 11.0. The zero-order valence-electron chi connectivity index (χ0n) is 15.9. The summed E-state index contributed by atoms with van der Waals surface area (Å²) >= 11 is 0. The highest BCUT2D eigenvalue weighted by molar-refractivity contribution is 7.90. The number of benzene rings is 2. The fraction of sp³-hybridized carbons (Fsp3) is 0.261. The van der Waals surface area contributed by atoms with Crippen molar-refractivity contribution in [3.63, 3.8) is 0 Å². The Morgan fingerprint density at radius 1 is 0.889 bits per heavy atom. The number of hydrogen-bond donors (Lipinski definition) is 0. The van der Waals surface area contributed by atoms with Crippen molar-refractivity contribution in [2.24, 2.45) is 0 Å². The van der Waals surface area contributed by atoms with Gasteiger partial charge in [0.05, 0.1) is 5.75 Å². The van der Waals surface area contributed by atoms with Crippen LogP contribution in [0.25, 0.3) is 12.2 Å². The highest BCUT2D eigenvalue weighted by Gasteiger charge is 2.08. The summed E-state index contributed by atoms with van der Waals surface area (Å²) in [4.78, 5) is 12.1. The lowest BCUT2D eigenvalue weighted by molar-refractivity contribution is -0.110. The van der Waals surface area contributed by atoms with E-state index in [1.807, 2.05) is 24.3 Å². The second-order valence-corrected chi connectivity index (χ2v) is 8.84. The first kappa shape index (κ1) is 20.8. The summed E-state index contributed by atoms with van der Waals surface area (Å²) in [5.41, 5.74) is 3.82. The van der Waals surface area contributed by atoms with E-state index in [2.05, 4.69) is 19.1 Å². The molecule has 0 aliphatic carbocycles. The van der Waals surface area contributed by atoms with E-state index in [1.165, 1.54) is 11.6 Å². The maximum absolute atomic E-state index is 12.1. The van der Waals surface area contributed by atoms with Crippen molar-refractivity contribution < 1.29 is 13.2 Å². The quantitative estimate of drug-likeness (QED) is 0.581. The van der Waals surface area contributed by atoms with Crippen LogP contribution >= 0.6 is 0 Å². The van der Waals surface area contributed by atoms with E-state index >= 15 is 0 Å². The molecule has 0 saturated carbocycles. The van der Waals surface area contributed by atoms with E-state index in [-0.39, 0.29) is 17.3 Å². The molecule has 0 atom stereocenters. The molecule has 0 unspecified atom stereocenters. The van der Waals surface area contributed by atoms with Crippen LogP contribution in [0.3, 0.4) is 0 Å². The van der Waals surface area contributed by atoms with Crippen LogP contribution in [-0.4, -0.2) is 20.0 Å². The molecular weight excluding hydrogens is 356 g/mol. The van der Waals surface area contributed by atoms with E-state index in [0.717, 1.165) is 29.5 Å². The second-order valence-electron chi connectivity index (χ2n) is 6.49. The van der Waals surface area contributed by atoms with Gasteiger partial charge in [-0.1, -0.05) is 81.0 Å². The summed E-state index contributed by atoms with van der Waals surface area (Å²) < 4.78 is 23.5. The molecule has 0 amide bonds. The Morgan fingerprint density at radius 3 is 2.00 bits per heavy atom. The molecule has 0 saturated heterocycles. The van der Waals surface area contributed by atoms with Crippen LogP contribution < -0.4 is 0 Å². The molecular formula is C23H26O3S. The minimum Gasteiger partial charge on any atom is -0.290 e. The second kappa shape index (κ2) is 10.0. The number of sulfone groups is 1. The van der Waals surface area contributed by atoms with Gasteiger partial charge in [0.25, 0.3) is 0 Å². The third-order valence-corrected chi connectivity index (χ3v) is 5.80. The number of carbonyl (C=O) groups excluding carboxylic acids is 1. The summed E-state index contributed by atoms with van der Waals surface area (Å²) in [5, 5.41) is 0. The molecule has 0 fully saturated rings. The molecule has 3 nitrogen and oxygen atoms in total. The van der Waals surface area contributed by atoms with E-state index in [9.17, 15) is 13.2 Å². The van der Waals surface area contributed by atoms with Crippen molar-refractivity contribution in [3.05, 3.63) is 82.9 Å². The highest BCUT2D eigenvalue weighted by Crippen LogP contribution is 2.12. The average Bonchev–Trinajstić information content (AvgIpc) is 2.65. The molecule has 0 aromatic heterocycles.